The van der Waals surface area contributed by atoms with Crippen LogP contribution in [0.2, 0.25) is 0 Å². The van der Waals surface area contributed by atoms with Crippen LogP contribution in [0.5, 0.6) is 0 Å². The summed E-state index contributed by atoms with van der Waals surface area (Å²) in [7, 11) is 0. The maximum atomic E-state index is 4.69. The lowest BCUT2D eigenvalue weighted by atomic mass is 9.72. The van der Waals surface area contributed by atoms with Crippen molar-refractivity contribution >= 4 is 5.95 Å². The van der Waals surface area contributed by atoms with Crippen LogP contribution in [0.4, 0.5) is 5.95 Å². The zero-order valence-electron chi connectivity index (χ0n) is 15.1. The molecule has 0 atom stereocenters. The molecule has 0 radical (unpaired) electrons. The Kier molecular flexibility index (Phi) is 4.66. The van der Waals surface area contributed by atoms with Gasteiger partial charge in [-0.2, -0.15) is 0 Å². The molecule has 4 heterocycles. The Hall–Kier alpha value is -2.01. The molecule has 2 saturated heterocycles. The van der Waals surface area contributed by atoms with Crippen LogP contribution in [-0.4, -0.2) is 46.0 Å². The van der Waals surface area contributed by atoms with Gasteiger partial charge in [-0.3, -0.25) is 9.88 Å². The number of piperidine rings is 2. The number of anilines is 1. The Bertz CT molecular complexity index is 694. The van der Waals surface area contributed by atoms with Crippen molar-refractivity contribution in [1.29, 1.82) is 0 Å². The Morgan fingerprint density at radius 2 is 1.80 bits per heavy atom. The second-order valence-electron chi connectivity index (χ2n) is 7.62. The van der Waals surface area contributed by atoms with E-state index in [2.05, 4.69) is 49.9 Å². The zero-order valence-corrected chi connectivity index (χ0v) is 15.1. The third-order valence-corrected chi connectivity index (χ3v) is 5.73. The highest BCUT2D eigenvalue weighted by molar-refractivity contribution is 5.29. The first-order chi connectivity index (χ1) is 12.2. The first-order valence-corrected chi connectivity index (χ1v) is 9.39. The molecule has 0 N–H and O–H groups in total. The molecule has 5 heteroatoms. The summed E-state index contributed by atoms with van der Waals surface area (Å²) in [5.41, 5.74) is 2.78. The quantitative estimate of drug-likeness (QED) is 0.861. The van der Waals surface area contributed by atoms with Crippen LogP contribution in [0.3, 0.4) is 0 Å². The van der Waals surface area contributed by atoms with E-state index in [9.17, 15) is 0 Å². The summed E-state index contributed by atoms with van der Waals surface area (Å²) in [5, 5.41) is 0. The monoisotopic (exact) mass is 337 g/mol. The predicted molar refractivity (Wildman–Crippen MR) is 99.4 cm³/mol. The van der Waals surface area contributed by atoms with Crippen LogP contribution in [0.25, 0.3) is 0 Å². The summed E-state index contributed by atoms with van der Waals surface area (Å²) >= 11 is 0. The van der Waals surface area contributed by atoms with Gasteiger partial charge in [0, 0.05) is 44.3 Å². The lowest BCUT2D eigenvalue weighted by molar-refractivity contribution is 0.0595. The Morgan fingerprint density at radius 1 is 1.00 bits per heavy atom. The predicted octanol–water partition coefficient (Wildman–Crippen LogP) is 3.06. The van der Waals surface area contributed by atoms with Crippen LogP contribution < -0.4 is 4.90 Å². The minimum absolute atomic E-state index is 0.466. The van der Waals surface area contributed by atoms with Gasteiger partial charge >= 0.3 is 0 Å². The van der Waals surface area contributed by atoms with E-state index in [1.165, 1.54) is 44.5 Å². The largest absolute Gasteiger partial charge is 0.341 e. The highest BCUT2D eigenvalue weighted by Crippen LogP contribution is 2.40. The third kappa shape index (κ3) is 3.82. The molecule has 132 valence electrons. The average Bonchev–Trinajstić information content (AvgIpc) is 2.63. The SMILES string of the molecule is Cc1cccc(CN2CCCC3(CCN(c4ncccn4)CC3)C2)n1. The molecular formula is C20H27N5. The Balaban J connectivity index is 1.38. The number of pyridine rings is 1. The molecule has 2 aliphatic rings. The summed E-state index contributed by atoms with van der Waals surface area (Å²) < 4.78 is 0. The van der Waals surface area contributed by atoms with Gasteiger partial charge in [-0.05, 0) is 62.8 Å². The summed E-state index contributed by atoms with van der Waals surface area (Å²) in [5.74, 6) is 0.883. The van der Waals surface area contributed by atoms with Crippen LogP contribution >= 0.6 is 0 Å². The van der Waals surface area contributed by atoms with Gasteiger partial charge in [-0.1, -0.05) is 6.07 Å². The number of nitrogens with zero attached hydrogens (tertiary/aromatic N) is 5. The fourth-order valence-corrected chi connectivity index (χ4v) is 4.41. The van der Waals surface area contributed by atoms with E-state index >= 15 is 0 Å². The van der Waals surface area contributed by atoms with Gasteiger partial charge in [0.05, 0.1) is 5.69 Å². The number of hydrogen-bond acceptors (Lipinski definition) is 5. The van der Waals surface area contributed by atoms with Crippen molar-refractivity contribution in [1.82, 2.24) is 19.9 Å². The number of hydrogen-bond donors (Lipinski definition) is 0. The summed E-state index contributed by atoms with van der Waals surface area (Å²) in [6, 6.07) is 8.23. The number of rotatable bonds is 3. The van der Waals surface area contributed by atoms with Crippen LogP contribution in [0.15, 0.2) is 36.7 Å². The molecule has 4 rings (SSSR count). The van der Waals surface area contributed by atoms with Gasteiger partial charge in [-0.15, -0.1) is 0 Å². The molecule has 2 aromatic heterocycles. The fourth-order valence-electron chi connectivity index (χ4n) is 4.41. The van der Waals surface area contributed by atoms with Crippen molar-refractivity contribution in [2.24, 2.45) is 5.41 Å². The zero-order chi connectivity index (χ0) is 17.1. The maximum absolute atomic E-state index is 4.69. The lowest BCUT2D eigenvalue weighted by Gasteiger charge is -2.47. The van der Waals surface area contributed by atoms with Crippen molar-refractivity contribution < 1.29 is 0 Å². The van der Waals surface area contributed by atoms with E-state index in [1.807, 2.05) is 18.5 Å². The minimum atomic E-state index is 0.466. The summed E-state index contributed by atoms with van der Waals surface area (Å²) in [6.07, 6.45) is 8.81. The van der Waals surface area contributed by atoms with E-state index in [-0.39, 0.29) is 0 Å². The highest BCUT2D eigenvalue weighted by atomic mass is 15.3. The minimum Gasteiger partial charge on any atom is -0.341 e. The van der Waals surface area contributed by atoms with Crippen molar-refractivity contribution in [3.63, 3.8) is 0 Å². The topological polar surface area (TPSA) is 45.2 Å². The summed E-state index contributed by atoms with van der Waals surface area (Å²) in [6.45, 7) is 7.59. The van der Waals surface area contributed by atoms with Crippen molar-refractivity contribution in [2.45, 2.75) is 39.2 Å². The molecule has 2 aliphatic heterocycles. The van der Waals surface area contributed by atoms with E-state index in [0.29, 0.717) is 5.41 Å². The van der Waals surface area contributed by atoms with Gasteiger partial charge in [0.25, 0.3) is 0 Å². The summed E-state index contributed by atoms with van der Waals surface area (Å²) in [4.78, 5) is 18.5. The molecule has 0 saturated carbocycles. The number of likely N-dealkylation sites (tertiary alicyclic amines) is 1. The number of aromatic nitrogens is 3. The molecule has 2 aromatic rings. The third-order valence-electron chi connectivity index (χ3n) is 5.73. The van der Waals surface area contributed by atoms with E-state index < -0.39 is 0 Å². The average molecular weight is 337 g/mol. The molecule has 0 amide bonds. The Morgan fingerprint density at radius 3 is 2.56 bits per heavy atom. The molecule has 25 heavy (non-hydrogen) atoms. The fraction of sp³-hybridized carbons (Fsp3) is 0.550. The van der Waals surface area contributed by atoms with Gasteiger partial charge < -0.3 is 4.90 Å². The van der Waals surface area contributed by atoms with E-state index in [4.69, 9.17) is 0 Å². The Labute approximate surface area is 150 Å². The smallest absolute Gasteiger partial charge is 0.225 e. The second-order valence-corrected chi connectivity index (χ2v) is 7.62. The molecule has 5 nitrogen and oxygen atoms in total. The molecule has 0 aliphatic carbocycles. The first kappa shape index (κ1) is 16.5. The normalized spacial score (nSPS) is 20.8. The van der Waals surface area contributed by atoms with Gasteiger partial charge in [0.2, 0.25) is 5.95 Å². The molecule has 1 spiro atoms. The lowest BCUT2D eigenvalue weighted by Crippen LogP contribution is -2.49. The molecule has 0 aromatic carbocycles. The van der Waals surface area contributed by atoms with Crippen molar-refractivity contribution in [3.05, 3.63) is 48.0 Å². The molecule has 2 fully saturated rings. The standard InChI is InChI=1S/C20H27N5/c1-17-5-2-6-18(23-17)15-24-12-3-7-20(16-24)8-13-25(14-9-20)19-21-10-4-11-22-19/h2,4-6,10-11H,3,7-9,12-16H2,1H3. The second kappa shape index (κ2) is 7.08. The maximum Gasteiger partial charge on any atom is 0.225 e. The van der Waals surface area contributed by atoms with Crippen LogP contribution in [0, 0.1) is 12.3 Å². The van der Waals surface area contributed by atoms with E-state index in [1.54, 1.807) is 0 Å². The first-order valence-electron chi connectivity index (χ1n) is 9.39. The van der Waals surface area contributed by atoms with Crippen molar-refractivity contribution in [3.8, 4) is 0 Å². The molecule has 0 unspecified atom stereocenters. The molecule has 0 bridgehead atoms. The molecular weight excluding hydrogens is 310 g/mol. The van der Waals surface area contributed by atoms with Gasteiger partial charge in [0.15, 0.2) is 0 Å². The number of aryl methyl sites for hydroxylation is 1. The van der Waals surface area contributed by atoms with Gasteiger partial charge in [0.1, 0.15) is 0 Å². The van der Waals surface area contributed by atoms with Crippen molar-refractivity contribution in [2.75, 3.05) is 31.1 Å². The van der Waals surface area contributed by atoms with Gasteiger partial charge in [-0.25, -0.2) is 9.97 Å². The van der Waals surface area contributed by atoms with Crippen LogP contribution in [0.1, 0.15) is 37.1 Å². The van der Waals surface area contributed by atoms with Crippen LogP contribution in [-0.2, 0) is 6.54 Å². The highest BCUT2D eigenvalue weighted by Gasteiger charge is 2.38. The van der Waals surface area contributed by atoms with E-state index in [0.717, 1.165) is 31.3 Å².